The van der Waals surface area contributed by atoms with Crippen LogP contribution in [0.5, 0.6) is 0 Å². The fraction of sp³-hybridized carbons (Fsp3) is 0.900. The van der Waals surface area contributed by atoms with Crippen molar-refractivity contribution < 1.29 is 9.90 Å². The quantitative estimate of drug-likeness (QED) is 0.686. The second kappa shape index (κ2) is 3.08. The van der Waals surface area contributed by atoms with E-state index in [1.54, 1.807) is 0 Å². The van der Waals surface area contributed by atoms with Gasteiger partial charge in [-0.3, -0.25) is 4.79 Å². The third kappa shape index (κ3) is 1.62. The average Bonchev–Trinajstić information content (AvgIpc) is 2.87. The molecule has 2 saturated carbocycles. The highest BCUT2D eigenvalue weighted by Gasteiger charge is 2.36. The average molecular weight is 168 g/mol. The summed E-state index contributed by atoms with van der Waals surface area (Å²) in [5.41, 5.74) is 0. The molecule has 0 radical (unpaired) electrons. The first-order valence-corrected chi connectivity index (χ1v) is 5.00. The van der Waals surface area contributed by atoms with E-state index in [1.165, 1.54) is 19.3 Å². The highest BCUT2D eigenvalue weighted by Crippen LogP contribution is 2.45. The van der Waals surface area contributed by atoms with Gasteiger partial charge in [0, 0.05) is 0 Å². The minimum atomic E-state index is -0.569. The lowest BCUT2D eigenvalue weighted by atomic mass is 9.79. The van der Waals surface area contributed by atoms with Crippen molar-refractivity contribution in [2.24, 2.45) is 17.8 Å². The molecule has 0 aliphatic heterocycles. The normalized spacial score (nSPS) is 36.3. The van der Waals surface area contributed by atoms with E-state index in [2.05, 4.69) is 0 Å². The largest absolute Gasteiger partial charge is 0.481 e. The molecule has 0 amide bonds. The van der Waals surface area contributed by atoms with Gasteiger partial charge in [0.25, 0.3) is 0 Å². The zero-order chi connectivity index (χ0) is 8.55. The standard InChI is InChI=1S/C10H16O2/c11-10(12)9-3-1-2-8(6-9)7-4-5-7/h7-9H,1-6H2,(H,11,12). The zero-order valence-corrected chi connectivity index (χ0v) is 7.33. The molecular weight excluding hydrogens is 152 g/mol. The number of rotatable bonds is 2. The van der Waals surface area contributed by atoms with Crippen molar-refractivity contribution in [1.82, 2.24) is 0 Å². The third-order valence-electron chi connectivity index (χ3n) is 3.35. The Morgan fingerprint density at radius 2 is 1.83 bits per heavy atom. The van der Waals surface area contributed by atoms with E-state index >= 15 is 0 Å². The summed E-state index contributed by atoms with van der Waals surface area (Å²) in [6, 6.07) is 0. The summed E-state index contributed by atoms with van der Waals surface area (Å²) in [6.07, 6.45) is 7.01. The van der Waals surface area contributed by atoms with Crippen LogP contribution in [0.3, 0.4) is 0 Å². The molecule has 2 aliphatic rings. The van der Waals surface area contributed by atoms with E-state index in [0.29, 0.717) is 0 Å². The molecule has 2 unspecified atom stereocenters. The molecule has 0 aromatic carbocycles. The SMILES string of the molecule is O=C(O)C1CCCC(C2CC2)C1. The fourth-order valence-electron chi connectivity index (χ4n) is 2.45. The van der Waals surface area contributed by atoms with Crippen LogP contribution < -0.4 is 0 Å². The highest BCUT2D eigenvalue weighted by atomic mass is 16.4. The second-order valence-electron chi connectivity index (χ2n) is 4.30. The summed E-state index contributed by atoms with van der Waals surface area (Å²) in [7, 11) is 0. The molecular formula is C10H16O2. The molecule has 0 saturated heterocycles. The first kappa shape index (κ1) is 8.09. The van der Waals surface area contributed by atoms with Gasteiger partial charge in [-0.05, 0) is 37.5 Å². The molecule has 2 atom stereocenters. The van der Waals surface area contributed by atoms with Crippen molar-refractivity contribution in [3.8, 4) is 0 Å². The Hall–Kier alpha value is -0.530. The number of carbonyl (C=O) groups is 1. The smallest absolute Gasteiger partial charge is 0.306 e. The molecule has 2 heteroatoms. The van der Waals surface area contributed by atoms with Gasteiger partial charge in [-0.2, -0.15) is 0 Å². The number of aliphatic carboxylic acids is 1. The molecule has 0 aromatic rings. The van der Waals surface area contributed by atoms with E-state index in [-0.39, 0.29) is 5.92 Å². The van der Waals surface area contributed by atoms with E-state index in [4.69, 9.17) is 5.11 Å². The van der Waals surface area contributed by atoms with Gasteiger partial charge in [-0.25, -0.2) is 0 Å². The van der Waals surface area contributed by atoms with Gasteiger partial charge in [0.05, 0.1) is 5.92 Å². The van der Waals surface area contributed by atoms with Crippen molar-refractivity contribution in [2.75, 3.05) is 0 Å². The van der Waals surface area contributed by atoms with Gasteiger partial charge in [-0.15, -0.1) is 0 Å². The monoisotopic (exact) mass is 168 g/mol. The van der Waals surface area contributed by atoms with Crippen molar-refractivity contribution in [3.63, 3.8) is 0 Å². The molecule has 0 bridgehead atoms. The number of hydrogen-bond acceptors (Lipinski definition) is 1. The van der Waals surface area contributed by atoms with E-state index in [0.717, 1.165) is 31.1 Å². The lowest BCUT2D eigenvalue weighted by Gasteiger charge is -2.26. The summed E-state index contributed by atoms with van der Waals surface area (Å²) in [5, 5.41) is 8.86. The Balaban J connectivity index is 1.89. The lowest BCUT2D eigenvalue weighted by Crippen LogP contribution is -2.23. The molecule has 2 rings (SSSR count). The molecule has 68 valence electrons. The molecule has 2 aliphatic carbocycles. The van der Waals surface area contributed by atoms with Gasteiger partial charge in [0.2, 0.25) is 0 Å². The van der Waals surface area contributed by atoms with E-state index in [9.17, 15) is 4.79 Å². The molecule has 12 heavy (non-hydrogen) atoms. The number of carboxylic acids is 1. The number of hydrogen-bond donors (Lipinski definition) is 1. The van der Waals surface area contributed by atoms with E-state index < -0.39 is 5.97 Å². The summed E-state index contributed by atoms with van der Waals surface area (Å²) >= 11 is 0. The van der Waals surface area contributed by atoms with Crippen LogP contribution in [-0.2, 0) is 4.79 Å². The van der Waals surface area contributed by atoms with Crippen LogP contribution in [-0.4, -0.2) is 11.1 Å². The lowest BCUT2D eigenvalue weighted by molar-refractivity contribution is -0.143. The van der Waals surface area contributed by atoms with Crippen LogP contribution >= 0.6 is 0 Å². The van der Waals surface area contributed by atoms with Crippen LogP contribution in [0.15, 0.2) is 0 Å². The topological polar surface area (TPSA) is 37.3 Å². The van der Waals surface area contributed by atoms with Gasteiger partial charge in [0.1, 0.15) is 0 Å². The molecule has 2 fully saturated rings. The Kier molecular flexibility index (Phi) is 2.07. The van der Waals surface area contributed by atoms with Crippen LogP contribution in [0.2, 0.25) is 0 Å². The van der Waals surface area contributed by atoms with Crippen LogP contribution in [0, 0.1) is 17.8 Å². The predicted molar refractivity (Wildman–Crippen MR) is 45.8 cm³/mol. The minimum absolute atomic E-state index is 0.0238. The zero-order valence-electron chi connectivity index (χ0n) is 7.33. The maximum atomic E-state index is 10.7. The molecule has 2 nitrogen and oxygen atoms in total. The molecule has 1 N–H and O–H groups in total. The van der Waals surface area contributed by atoms with Crippen LogP contribution in [0.1, 0.15) is 38.5 Å². The third-order valence-corrected chi connectivity index (χ3v) is 3.35. The van der Waals surface area contributed by atoms with Gasteiger partial charge < -0.3 is 5.11 Å². The maximum absolute atomic E-state index is 10.7. The van der Waals surface area contributed by atoms with Gasteiger partial charge >= 0.3 is 5.97 Å². The maximum Gasteiger partial charge on any atom is 0.306 e. The van der Waals surface area contributed by atoms with Crippen molar-refractivity contribution in [3.05, 3.63) is 0 Å². The molecule has 0 aromatic heterocycles. The minimum Gasteiger partial charge on any atom is -0.481 e. The van der Waals surface area contributed by atoms with Gasteiger partial charge in [-0.1, -0.05) is 12.8 Å². The Bertz CT molecular complexity index is 184. The second-order valence-corrected chi connectivity index (χ2v) is 4.30. The number of carboxylic acid groups (broad SMARTS) is 1. The Morgan fingerprint density at radius 3 is 2.42 bits per heavy atom. The first-order chi connectivity index (χ1) is 5.77. The van der Waals surface area contributed by atoms with Crippen molar-refractivity contribution >= 4 is 5.97 Å². The summed E-state index contributed by atoms with van der Waals surface area (Å²) in [6.45, 7) is 0. The Labute approximate surface area is 73.0 Å². The molecule has 0 heterocycles. The Morgan fingerprint density at radius 1 is 1.08 bits per heavy atom. The summed E-state index contributed by atoms with van der Waals surface area (Å²) in [5.74, 6) is 1.05. The van der Waals surface area contributed by atoms with Crippen LogP contribution in [0.25, 0.3) is 0 Å². The summed E-state index contributed by atoms with van der Waals surface area (Å²) in [4.78, 5) is 10.7. The van der Waals surface area contributed by atoms with Crippen molar-refractivity contribution in [2.45, 2.75) is 38.5 Å². The highest BCUT2D eigenvalue weighted by molar-refractivity contribution is 5.70. The molecule has 0 spiro atoms. The van der Waals surface area contributed by atoms with Gasteiger partial charge in [0.15, 0.2) is 0 Å². The first-order valence-electron chi connectivity index (χ1n) is 5.00. The van der Waals surface area contributed by atoms with Crippen LogP contribution in [0.4, 0.5) is 0 Å². The van der Waals surface area contributed by atoms with Crippen molar-refractivity contribution in [1.29, 1.82) is 0 Å². The summed E-state index contributed by atoms with van der Waals surface area (Å²) < 4.78 is 0. The predicted octanol–water partition coefficient (Wildman–Crippen LogP) is 2.29. The van der Waals surface area contributed by atoms with E-state index in [1.807, 2.05) is 0 Å². The fourth-order valence-corrected chi connectivity index (χ4v) is 2.45.